The largest absolute Gasteiger partial charge is 0.323 e. The van der Waals surface area contributed by atoms with Crippen LogP contribution in [0.25, 0.3) is 0 Å². The van der Waals surface area contributed by atoms with Gasteiger partial charge in [-0.15, -0.1) is 11.8 Å². The van der Waals surface area contributed by atoms with Crippen molar-refractivity contribution in [3.8, 4) is 0 Å². The second-order valence-corrected chi connectivity index (χ2v) is 6.52. The molecule has 1 heterocycles. The van der Waals surface area contributed by atoms with Crippen LogP contribution >= 0.6 is 23.4 Å². The van der Waals surface area contributed by atoms with E-state index in [9.17, 15) is 4.79 Å². The van der Waals surface area contributed by atoms with E-state index in [1.54, 1.807) is 30.1 Å². The molecule has 98 valence electrons. The van der Waals surface area contributed by atoms with Crippen LogP contribution in [0.5, 0.6) is 0 Å². The Kier molecular flexibility index (Phi) is 4.89. The van der Waals surface area contributed by atoms with E-state index in [2.05, 4.69) is 10.3 Å². The standard InChI is InChI=1S/C13H17ClN2OS/c1-9(18-10-5-2-3-6-10)13(17)16-11-7-4-8-15-12(11)14/h4,7-10H,2-3,5-6H2,1H3,(H,16,17)/t9-/m1/s1. The maximum absolute atomic E-state index is 12.0. The molecule has 0 bridgehead atoms. The third-order valence-electron chi connectivity index (χ3n) is 3.08. The van der Waals surface area contributed by atoms with Crippen molar-refractivity contribution >= 4 is 35.0 Å². The van der Waals surface area contributed by atoms with Gasteiger partial charge in [-0.2, -0.15) is 0 Å². The van der Waals surface area contributed by atoms with Gasteiger partial charge in [-0.3, -0.25) is 4.79 Å². The van der Waals surface area contributed by atoms with Crippen LogP contribution in [0.15, 0.2) is 18.3 Å². The average molecular weight is 285 g/mol. The molecule has 1 aromatic heterocycles. The molecule has 3 nitrogen and oxygen atoms in total. The Balaban J connectivity index is 1.89. The first-order valence-corrected chi connectivity index (χ1v) is 7.55. The Hall–Kier alpha value is -0.740. The van der Waals surface area contributed by atoms with Crippen molar-refractivity contribution in [2.24, 2.45) is 0 Å². The second kappa shape index (κ2) is 6.43. The van der Waals surface area contributed by atoms with Gasteiger partial charge in [0.25, 0.3) is 0 Å². The lowest BCUT2D eigenvalue weighted by atomic mass is 10.3. The van der Waals surface area contributed by atoms with Gasteiger partial charge in [0.1, 0.15) is 0 Å². The lowest BCUT2D eigenvalue weighted by Gasteiger charge is -2.16. The fourth-order valence-corrected chi connectivity index (χ4v) is 3.62. The van der Waals surface area contributed by atoms with E-state index in [-0.39, 0.29) is 11.2 Å². The zero-order chi connectivity index (χ0) is 13.0. The summed E-state index contributed by atoms with van der Waals surface area (Å²) in [7, 11) is 0. The van der Waals surface area contributed by atoms with Gasteiger partial charge in [0.15, 0.2) is 5.15 Å². The third-order valence-corrected chi connectivity index (χ3v) is 4.86. The van der Waals surface area contributed by atoms with E-state index in [4.69, 9.17) is 11.6 Å². The van der Waals surface area contributed by atoms with E-state index in [1.807, 2.05) is 6.92 Å². The summed E-state index contributed by atoms with van der Waals surface area (Å²) in [5.41, 5.74) is 0.586. The van der Waals surface area contributed by atoms with E-state index < -0.39 is 0 Å². The van der Waals surface area contributed by atoms with Crippen LogP contribution in [-0.2, 0) is 4.79 Å². The van der Waals surface area contributed by atoms with Crippen molar-refractivity contribution in [3.05, 3.63) is 23.5 Å². The van der Waals surface area contributed by atoms with Gasteiger partial charge in [0.2, 0.25) is 5.91 Å². The average Bonchev–Trinajstić information content (AvgIpc) is 2.84. The Bertz CT molecular complexity index is 421. The Morgan fingerprint density at radius 2 is 2.28 bits per heavy atom. The molecule has 1 fully saturated rings. The van der Waals surface area contributed by atoms with Crippen molar-refractivity contribution < 1.29 is 4.79 Å². The van der Waals surface area contributed by atoms with Gasteiger partial charge in [-0.25, -0.2) is 4.98 Å². The lowest BCUT2D eigenvalue weighted by molar-refractivity contribution is -0.115. The molecular formula is C13H17ClN2OS. The van der Waals surface area contributed by atoms with Gasteiger partial charge in [-0.05, 0) is 31.9 Å². The highest BCUT2D eigenvalue weighted by Gasteiger charge is 2.22. The van der Waals surface area contributed by atoms with Gasteiger partial charge in [-0.1, -0.05) is 24.4 Å². The van der Waals surface area contributed by atoms with Crippen LogP contribution in [-0.4, -0.2) is 21.4 Å². The number of carbonyl (C=O) groups excluding carboxylic acids is 1. The van der Waals surface area contributed by atoms with Crippen molar-refractivity contribution in [1.82, 2.24) is 4.98 Å². The SMILES string of the molecule is C[C@@H](SC1CCCC1)C(=O)Nc1cccnc1Cl. The van der Waals surface area contributed by atoms with Crippen LogP contribution in [0.4, 0.5) is 5.69 Å². The van der Waals surface area contributed by atoms with Crippen LogP contribution in [0.1, 0.15) is 32.6 Å². The molecule has 0 radical (unpaired) electrons. The topological polar surface area (TPSA) is 42.0 Å². The van der Waals surface area contributed by atoms with Crippen molar-refractivity contribution in [1.29, 1.82) is 0 Å². The van der Waals surface area contributed by atoms with Gasteiger partial charge < -0.3 is 5.32 Å². The highest BCUT2D eigenvalue weighted by atomic mass is 35.5. The van der Waals surface area contributed by atoms with E-state index >= 15 is 0 Å². The van der Waals surface area contributed by atoms with Gasteiger partial charge >= 0.3 is 0 Å². The number of halogens is 1. The molecule has 1 atom stereocenters. The molecule has 0 spiro atoms. The van der Waals surface area contributed by atoms with Crippen LogP contribution in [0.3, 0.4) is 0 Å². The third kappa shape index (κ3) is 3.62. The minimum atomic E-state index is -0.0515. The molecule has 1 saturated carbocycles. The first kappa shape index (κ1) is 13.7. The number of carbonyl (C=O) groups is 1. The molecule has 0 unspecified atom stereocenters. The molecule has 0 aliphatic heterocycles. The number of rotatable bonds is 4. The number of pyridine rings is 1. The van der Waals surface area contributed by atoms with Crippen LogP contribution in [0, 0.1) is 0 Å². The number of nitrogens with zero attached hydrogens (tertiary/aromatic N) is 1. The molecule has 1 aliphatic rings. The van der Waals surface area contributed by atoms with E-state index in [0.29, 0.717) is 16.1 Å². The fraction of sp³-hybridized carbons (Fsp3) is 0.538. The molecule has 0 saturated heterocycles. The molecule has 1 N–H and O–H groups in total. The van der Waals surface area contributed by atoms with E-state index in [0.717, 1.165) is 0 Å². The fourth-order valence-electron chi connectivity index (χ4n) is 2.09. The lowest BCUT2D eigenvalue weighted by Crippen LogP contribution is -2.24. The minimum absolute atomic E-state index is 0.00167. The second-order valence-electron chi connectivity index (χ2n) is 4.52. The highest BCUT2D eigenvalue weighted by Crippen LogP contribution is 2.32. The van der Waals surface area contributed by atoms with E-state index in [1.165, 1.54) is 25.7 Å². The zero-order valence-electron chi connectivity index (χ0n) is 10.4. The van der Waals surface area contributed by atoms with Gasteiger partial charge in [0.05, 0.1) is 10.9 Å². The number of aromatic nitrogens is 1. The number of anilines is 1. The smallest absolute Gasteiger partial charge is 0.237 e. The molecule has 18 heavy (non-hydrogen) atoms. The first-order valence-electron chi connectivity index (χ1n) is 6.23. The Morgan fingerprint density at radius 1 is 1.56 bits per heavy atom. The number of hydrogen-bond donors (Lipinski definition) is 1. The summed E-state index contributed by atoms with van der Waals surface area (Å²) in [6.45, 7) is 1.95. The van der Waals surface area contributed by atoms with Crippen molar-refractivity contribution in [3.63, 3.8) is 0 Å². The zero-order valence-corrected chi connectivity index (χ0v) is 11.9. The van der Waals surface area contributed by atoms with Crippen LogP contribution < -0.4 is 5.32 Å². The summed E-state index contributed by atoms with van der Waals surface area (Å²) in [5.74, 6) is 0.00167. The predicted octanol–water partition coefficient (Wildman–Crippen LogP) is 3.74. The number of amides is 1. The maximum atomic E-state index is 12.0. The maximum Gasteiger partial charge on any atom is 0.237 e. The molecule has 5 heteroatoms. The number of nitrogens with one attached hydrogen (secondary N) is 1. The molecular weight excluding hydrogens is 268 g/mol. The summed E-state index contributed by atoms with van der Waals surface area (Å²) in [6, 6.07) is 3.52. The molecule has 0 aromatic carbocycles. The quantitative estimate of drug-likeness (QED) is 0.857. The number of hydrogen-bond acceptors (Lipinski definition) is 3. The Morgan fingerprint density at radius 3 is 2.94 bits per heavy atom. The van der Waals surface area contributed by atoms with Crippen molar-refractivity contribution in [2.75, 3.05) is 5.32 Å². The molecule has 1 aromatic rings. The monoisotopic (exact) mass is 284 g/mol. The summed E-state index contributed by atoms with van der Waals surface area (Å²) in [5, 5.41) is 3.75. The van der Waals surface area contributed by atoms with Crippen molar-refractivity contribution in [2.45, 2.75) is 43.1 Å². The predicted molar refractivity (Wildman–Crippen MR) is 77.2 cm³/mol. The van der Waals surface area contributed by atoms with Gasteiger partial charge in [0, 0.05) is 11.4 Å². The minimum Gasteiger partial charge on any atom is -0.323 e. The molecule has 1 amide bonds. The highest BCUT2D eigenvalue weighted by molar-refractivity contribution is 8.01. The summed E-state index contributed by atoms with van der Waals surface area (Å²) >= 11 is 7.68. The normalized spacial score (nSPS) is 17.7. The molecule has 2 rings (SSSR count). The molecule has 1 aliphatic carbocycles. The summed E-state index contributed by atoms with van der Waals surface area (Å²) in [4.78, 5) is 16.0. The summed E-state index contributed by atoms with van der Waals surface area (Å²) in [6.07, 6.45) is 6.65. The summed E-state index contributed by atoms with van der Waals surface area (Å²) < 4.78 is 0. The Labute approximate surface area is 117 Å². The van der Waals surface area contributed by atoms with Crippen LogP contribution in [0.2, 0.25) is 5.15 Å². The number of thioether (sulfide) groups is 1. The first-order chi connectivity index (χ1) is 8.66.